The molecule has 0 saturated carbocycles. The van der Waals surface area contributed by atoms with Gasteiger partial charge in [0.2, 0.25) is 5.91 Å². The number of rotatable bonds is 80. The van der Waals surface area contributed by atoms with Crippen molar-refractivity contribution in [1.29, 1.82) is 0 Å². The highest BCUT2D eigenvalue weighted by Crippen LogP contribution is 2.20. The Balaban J connectivity index is 3.39. The second kappa shape index (κ2) is 82.2. The standard InChI is InChI=1S/C87H165NO5/c1-3-5-7-9-11-13-15-17-19-21-23-24-25-37-40-44-47-51-55-59-63-67-71-75-79-85(90)84(83-89)88-86(91)80-76-72-68-64-60-56-52-48-45-41-38-35-33-31-29-27-26-28-30-32-34-36-39-42-46-50-54-58-62-66-70-74-78-82-93-87(92)81-77-73-69-65-61-57-53-49-43-22-20-18-16-14-12-10-8-6-4-2/h18,20,30,32,36,39,75,79,84-85,89-90H,3-17,19,21-29,31,33-35,37-38,40-74,76-78,80-83H2,1-2H3,(H,88,91)/b20-18-,32-30-,39-36-,79-75+. The van der Waals surface area contributed by atoms with E-state index >= 15 is 0 Å². The molecule has 0 aliphatic rings. The van der Waals surface area contributed by atoms with Gasteiger partial charge in [0.15, 0.2) is 0 Å². The van der Waals surface area contributed by atoms with Gasteiger partial charge in [0, 0.05) is 12.8 Å². The van der Waals surface area contributed by atoms with E-state index in [0.29, 0.717) is 19.4 Å². The first-order valence-electron chi connectivity index (χ1n) is 42.4. The summed E-state index contributed by atoms with van der Waals surface area (Å²) in [4.78, 5) is 24.7. The van der Waals surface area contributed by atoms with Crippen LogP contribution in [0.2, 0.25) is 0 Å². The Bertz CT molecular complexity index is 1550. The van der Waals surface area contributed by atoms with E-state index in [1.54, 1.807) is 6.08 Å². The lowest BCUT2D eigenvalue weighted by Crippen LogP contribution is -2.45. The Hall–Kier alpha value is -2.18. The third-order valence-corrected chi connectivity index (χ3v) is 19.8. The summed E-state index contributed by atoms with van der Waals surface area (Å²) in [5.41, 5.74) is 0. The van der Waals surface area contributed by atoms with Crippen LogP contribution >= 0.6 is 0 Å². The lowest BCUT2D eigenvalue weighted by molar-refractivity contribution is -0.143. The van der Waals surface area contributed by atoms with Gasteiger partial charge in [-0.05, 0) is 89.9 Å². The Morgan fingerprint density at radius 2 is 0.538 bits per heavy atom. The highest BCUT2D eigenvalue weighted by atomic mass is 16.5. The van der Waals surface area contributed by atoms with Crippen molar-refractivity contribution in [1.82, 2.24) is 5.32 Å². The second-order valence-electron chi connectivity index (χ2n) is 29.2. The van der Waals surface area contributed by atoms with Crippen LogP contribution in [-0.2, 0) is 14.3 Å². The minimum atomic E-state index is -0.846. The summed E-state index contributed by atoms with van der Waals surface area (Å²) in [7, 11) is 0. The largest absolute Gasteiger partial charge is 0.466 e. The van der Waals surface area contributed by atoms with Crippen molar-refractivity contribution >= 4 is 11.9 Å². The van der Waals surface area contributed by atoms with Gasteiger partial charge < -0.3 is 20.3 Å². The number of amides is 1. The molecule has 0 bridgehead atoms. The lowest BCUT2D eigenvalue weighted by atomic mass is 10.0. The molecule has 0 aromatic rings. The number of esters is 1. The van der Waals surface area contributed by atoms with Gasteiger partial charge in [-0.2, -0.15) is 0 Å². The number of unbranched alkanes of at least 4 members (excludes halogenated alkanes) is 63. The number of carbonyl (C=O) groups excluding carboxylic acids is 2. The molecule has 0 spiro atoms. The molecule has 93 heavy (non-hydrogen) atoms. The SMILES string of the molecule is CCCCCCCC/C=C\CCCCCCCCCCCC(=O)OCCCCCCCCCCC/C=C\C/C=C\CCCCCCCCCCCCCCCCCCCC(=O)NC(CO)C(O)/C=C/CCCCCCCCCCCCCCCCCCCCCCCC. The highest BCUT2D eigenvalue weighted by Gasteiger charge is 2.18. The topological polar surface area (TPSA) is 95.9 Å². The molecule has 0 heterocycles. The van der Waals surface area contributed by atoms with Crippen LogP contribution in [0.25, 0.3) is 0 Å². The molecular formula is C87H165NO5. The van der Waals surface area contributed by atoms with Crippen LogP contribution < -0.4 is 5.32 Å². The summed E-state index contributed by atoms with van der Waals surface area (Å²) >= 11 is 0. The number of hydrogen-bond acceptors (Lipinski definition) is 5. The van der Waals surface area contributed by atoms with Crippen molar-refractivity contribution in [2.24, 2.45) is 0 Å². The smallest absolute Gasteiger partial charge is 0.305 e. The van der Waals surface area contributed by atoms with E-state index in [1.807, 2.05) is 6.08 Å². The summed E-state index contributed by atoms with van der Waals surface area (Å²) in [6.45, 7) is 4.95. The molecule has 0 aromatic carbocycles. The van der Waals surface area contributed by atoms with Gasteiger partial charge >= 0.3 is 5.97 Å². The zero-order chi connectivity index (χ0) is 67.0. The molecule has 0 aliphatic heterocycles. The number of hydrogen-bond donors (Lipinski definition) is 3. The van der Waals surface area contributed by atoms with Crippen molar-refractivity contribution in [3.63, 3.8) is 0 Å². The van der Waals surface area contributed by atoms with Crippen LogP contribution in [0.15, 0.2) is 48.6 Å². The van der Waals surface area contributed by atoms with E-state index in [4.69, 9.17) is 4.74 Å². The lowest BCUT2D eigenvalue weighted by Gasteiger charge is -2.20. The highest BCUT2D eigenvalue weighted by molar-refractivity contribution is 5.76. The predicted octanol–water partition coefficient (Wildman–Crippen LogP) is 28.3. The Morgan fingerprint density at radius 3 is 0.828 bits per heavy atom. The summed E-state index contributed by atoms with van der Waals surface area (Å²) in [5.74, 6) is -0.0469. The minimum Gasteiger partial charge on any atom is -0.466 e. The van der Waals surface area contributed by atoms with Crippen LogP contribution in [0.1, 0.15) is 470 Å². The van der Waals surface area contributed by atoms with E-state index in [-0.39, 0.29) is 18.5 Å². The van der Waals surface area contributed by atoms with Crippen molar-refractivity contribution in [2.75, 3.05) is 13.2 Å². The van der Waals surface area contributed by atoms with Gasteiger partial charge in [0.25, 0.3) is 0 Å². The fourth-order valence-electron chi connectivity index (χ4n) is 13.4. The van der Waals surface area contributed by atoms with Gasteiger partial charge in [0.1, 0.15) is 0 Å². The van der Waals surface area contributed by atoms with E-state index in [1.165, 1.54) is 392 Å². The monoisotopic (exact) mass is 1300 g/mol. The Labute approximate surface area is 582 Å². The molecule has 0 aromatic heterocycles. The quantitative estimate of drug-likeness (QED) is 0.0320. The van der Waals surface area contributed by atoms with Gasteiger partial charge in [-0.15, -0.1) is 0 Å². The maximum atomic E-state index is 12.6. The molecule has 0 radical (unpaired) electrons. The van der Waals surface area contributed by atoms with Crippen molar-refractivity contribution in [3.05, 3.63) is 48.6 Å². The fraction of sp³-hybridized carbons (Fsp3) is 0.885. The Kier molecular flexibility index (Phi) is 80.3. The number of carbonyl (C=O) groups is 2. The molecule has 6 heteroatoms. The van der Waals surface area contributed by atoms with E-state index < -0.39 is 12.1 Å². The molecule has 0 fully saturated rings. The molecule has 6 nitrogen and oxygen atoms in total. The maximum absolute atomic E-state index is 12.6. The van der Waals surface area contributed by atoms with Gasteiger partial charge in [-0.3, -0.25) is 9.59 Å². The van der Waals surface area contributed by atoms with E-state index in [2.05, 4.69) is 55.6 Å². The first kappa shape index (κ1) is 90.8. The first-order valence-corrected chi connectivity index (χ1v) is 42.4. The van der Waals surface area contributed by atoms with Gasteiger partial charge in [-0.25, -0.2) is 0 Å². The summed E-state index contributed by atoms with van der Waals surface area (Å²) in [6, 6.07) is -0.629. The molecule has 2 atom stereocenters. The second-order valence-corrected chi connectivity index (χ2v) is 29.2. The first-order chi connectivity index (χ1) is 46.0. The van der Waals surface area contributed by atoms with Crippen LogP contribution in [0.4, 0.5) is 0 Å². The zero-order valence-corrected chi connectivity index (χ0v) is 63.0. The van der Waals surface area contributed by atoms with Crippen LogP contribution in [0.3, 0.4) is 0 Å². The number of allylic oxidation sites excluding steroid dienone is 7. The molecule has 0 saturated heterocycles. The van der Waals surface area contributed by atoms with Gasteiger partial charge in [-0.1, -0.05) is 416 Å². The third kappa shape index (κ3) is 78.7. The average molecular weight is 1310 g/mol. The Morgan fingerprint density at radius 1 is 0.301 bits per heavy atom. The molecule has 548 valence electrons. The molecular weight excluding hydrogens is 1140 g/mol. The fourth-order valence-corrected chi connectivity index (χ4v) is 13.4. The summed E-state index contributed by atoms with van der Waals surface area (Å²) in [6.07, 6.45) is 110. The molecule has 2 unspecified atom stereocenters. The molecule has 1 amide bonds. The van der Waals surface area contributed by atoms with E-state index in [0.717, 1.165) is 51.4 Å². The number of ether oxygens (including phenoxy) is 1. The normalized spacial score (nSPS) is 12.7. The van der Waals surface area contributed by atoms with Crippen molar-refractivity contribution in [2.45, 2.75) is 482 Å². The number of aliphatic hydroxyl groups is 2. The molecule has 0 aliphatic carbocycles. The maximum Gasteiger partial charge on any atom is 0.305 e. The third-order valence-electron chi connectivity index (χ3n) is 19.8. The van der Waals surface area contributed by atoms with Crippen LogP contribution in [-0.4, -0.2) is 47.4 Å². The summed E-state index contributed by atoms with van der Waals surface area (Å²) < 4.78 is 5.51. The van der Waals surface area contributed by atoms with Crippen LogP contribution in [0.5, 0.6) is 0 Å². The number of aliphatic hydroxyl groups excluding tert-OH is 2. The van der Waals surface area contributed by atoms with Gasteiger partial charge in [0.05, 0.1) is 25.4 Å². The minimum absolute atomic E-state index is 0.0143. The number of nitrogens with one attached hydrogen (secondary N) is 1. The average Bonchev–Trinajstić information content (AvgIpc) is 3.78. The zero-order valence-electron chi connectivity index (χ0n) is 63.0. The van der Waals surface area contributed by atoms with Crippen molar-refractivity contribution < 1.29 is 24.5 Å². The molecule has 3 N–H and O–H groups in total. The van der Waals surface area contributed by atoms with Crippen molar-refractivity contribution in [3.8, 4) is 0 Å². The van der Waals surface area contributed by atoms with E-state index in [9.17, 15) is 19.8 Å². The summed E-state index contributed by atoms with van der Waals surface area (Å²) in [5, 5.41) is 23.3. The van der Waals surface area contributed by atoms with Crippen LogP contribution in [0, 0.1) is 0 Å². The molecule has 0 rings (SSSR count). The predicted molar refractivity (Wildman–Crippen MR) is 412 cm³/mol.